The molecular weight excluding hydrogens is 204 g/mol. The van der Waals surface area contributed by atoms with E-state index in [1.165, 1.54) is 0 Å². The van der Waals surface area contributed by atoms with Crippen LogP contribution in [0.15, 0.2) is 24.4 Å². The van der Waals surface area contributed by atoms with Crippen LogP contribution >= 0.6 is 0 Å². The molecule has 2 rings (SSSR count). The van der Waals surface area contributed by atoms with Crippen LogP contribution < -0.4 is 5.73 Å². The van der Waals surface area contributed by atoms with E-state index in [1.807, 2.05) is 18.2 Å². The van der Waals surface area contributed by atoms with Crippen molar-refractivity contribution >= 4 is 5.82 Å². The molecule has 0 spiro atoms. The zero-order chi connectivity index (χ0) is 11.4. The molecule has 5 nitrogen and oxygen atoms in total. The van der Waals surface area contributed by atoms with Gasteiger partial charge >= 0.3 is 0 Å². The van der Waals surface area contributed by atoms with Gasteiger partial charge in [0.1, 0.15) is 5.82 Å². The van der Waals surface area contributed by atoms with Crippen molar-refractivity contribution in [2.45, 2.75) is 13.0 Å². The number of H-pyrrole nitrogens is 1. The molecule has 0 aromatic carbocycles. The maximum atomic E-state index is 5.71. The minimum absolute atomic E-state index is 0.523. The van der Waals surface area contributed by atoms with Gasteiger partial charge in [-0.15, -0.1) is 0 Å². The van der Waals surface area contributed by atoms with Crippen LogP contribution in [-0.4, -0.2) is 22.3 Å². The van der Waals surface area contributed by atoms with Crippen LogP contribution in [0.2, 0.25) is 0 Å². The van der Waals surface area contributed by atoms with E-state index in [0.29, 0.717) is 18.8 Å². The quantitative estimate of drug-likeness (QED) is 0.806. The van der Waals surface area contributed by atoms with Gasteiger partial charge in [0.05, 0.1) is 18.5 Å². The minimum atomic E-state index is 0.523. The lowest BCUT2D eigenvalue weighted by Gasteiger charge is -2.03. The number of hydrogen-bond acceptors (Lipinski definition) is 4. The van der Waals surface area contributed by atoms with Crippen LogP contribution in [0.1, 0.15) is 17.0 Å². The number of anilines is 1. The van der Waals surface area contributed by atoms with E-state index < -0.39 is 0 Å². The van der Waals surface area contributed by atoms with E-state index >= 15 is 0 Å². The third-order valence-electron chi connectivity index (χ3n) is 2.28. The smallest absolute Gasteiger partial charge is 0.122 e. The number of nitrogens with one attached hydrogen (secondary N) is 1. The molecule has 2 heterocycles. The zero-order valence-electron chi connectivity index (χ0n) is 9.10. The van der Waals surface area contributed by atoms with E-state index in [4.69, 9.17) is 10.5 Å². The molecule has 84 valence electrons. The Balaban J connectivity index is 2.15. The topological polar surface area (TPSA) is 76.8 Å². The maximum absolute atomic E-state index is 5.71. The average Bonchev–Trinajstić information content (AvgIpc) is 2.66. The maximum Gasteiger partial charge on any atom is 0.122 e. The standard InChI is InChI=1S/C11H14N4O/c1-16-7-10-4-2-3-9(14-10)5-8-6-13-15-11(8)12/h2-4,6H,5,7H2,1H3,(H3,12,13,15). The van der Waals surface area contributed by atoms with Crippen molar-refractivity contribution in [1.29, 1.82) is 0 Å². The Hall–Kier alpha value is -1.88. The van der Waals surface area contributed by atoms with Gasteiger partial charge < -0.3 is 10.5 Å². The van der Waals surface area contributed by atoms with Gasteiger partial charge in [-0.05, 0) is 12.1 Å². The van der Waals surface area contributed by atoms with E-state index in [1.54, 1.807) is 13.3 Å². The molecule has 0 aliphatic heterocycles. The van der Waals surface area contributed by atoms with Gasteiger partial charge in [-0.2, -0.15) is 5.10 Å². The molecule has 0 aliphatic carbocycles. The molecule has 0 radical (unpaired) electrons. The lowest BCUT2D eigenvalue weighted by molar-refractivity contribution is 0.181. The molecule has 0 amide bonds. The summed E-state index contributed by atoms with van der Waals surface area (Å²) in [5.74, 6) is 0.596. The molecule has 0 aliphatic rings. The molecule has 3 N–H and O–H groups in total. The third-order valence-corrected chi connectivity index (χ3v) is 2.28. The molecule has 2 aromatic rings. The highest BCUT2D eigenvalue weighted by atomic mass is 16.5. The fourth-order valence-electron chi connectivity index (χ4n) is 1.51. The summed E-state index contributed by atoms with van der Waals surface area (Å²) in [6.45, 7) is 0.523. The highest BCUT2D eigenvalue weighted by Crippen LogP contribution is 2.12. The highest BCUT2D eigenvalue weighted by molar-refractivity contribution is 5.39. The highest BCUT2D eigenvalue weighted by Gasteiger charge is 2.04. The van der Waals surface area contributed by atoms with Crippen LogP contribution in [0.4, 0.5) is 5.82 Å². The molecule has 0 bridgehead atoms. The van der Waals surface area contributed by atoms with E-state index in [9.17, 15) is 0 Å². The van der Waals surface area contributed by atoms with Gasteiger partial charge in [-0.25, -0.2) is 0 Å². The Morgan fingerprint density at radius 2 is 2.19 bits per heavy atom. The number of pyridine rings is 1. The van der Waals surface area contributed by atoms with Gasteiger partial charge in [0.25, 0.3) is 0 Å². The lowest BCUT2D eigenvalue weighted by atomic mass is 10.1. The minimum Gasteiger partial charge on any atom is -0.384 e. The van der Waals surface area contributed by atoms with Gasteiger partial charge in [0.2, 0.25) is 0 Å². The predicted octanol–water partition coefficient (Wildman–Crippen LogP) is 1.12. The molecule has 2 aromatic heterocycles. The van der Waals surface area contributed by atoms with Crippen LogP contribution in [0.25, 0.3) is 0 Å². The summed E-state index contributed by atoms with van der Waals surface area (Å²) in [4.78, 5) is 4.46. The Bertz CT molecular complexity index is 467. The molecule has 0 unspecified atom stereocenters. The van der Waals surface area contributed by atoms with Crippen molar-refractivity contribution in [1.82, 2.24) is 15.2 Å². The van der Waals surface area contributed by atoms with Gasteiger partial charge in [-0.1, -0.05) is 6.07 Å². The summed E-state index contributed by atoms with van der Waals surface area (Å²) >= 11 is 0. The first kappa shape index (κ1) is 10.6. The summed E-state index contributed by atoms with van der Waals surface area (Å²) in [6.07, 6.45) is 2.40. The molecule has 16 heavy (non-hydrogen) atoms. The van der Waals surface area contributed by atoms with Crippen molar-refractivity contribution < 1.29 is 4.74 Å². The summed E-state index contributed by atoms with van der Waals surface area (Å²) in [7, 11) is 1.66. The second-order valence-electron chi connectivity index (χ2n) is 3.54. The Morgan fingerprint density at radius 1 is 1.38 bits per heavy atom. The number of aromatic amines is 1. The van der Waals surface area contributed by atoms with Crippen LogP contribution in [0, 0.1) is 0 Å². The molecular formula is C11H14N4O. The number of hydrogen-bond donors (Lipinski definition) is 2. The predicted molar refractivity (Wildman–Crippen MR) is 60.8 cm³/mol. The molecule has 0 saturated carbocycles. The normalized spacial score (nSPS) is 10.6. The Kier molecular flexibility index (Phi) is 3.16. The largest absolute Gasteiger partial charge is 0.384 e. The fraction of sp³-hybridized carbons (Fsp3) is 0.273. The summed E-state index contributed by atoms with van der Waals surface area (Å²) < 4.78 is 5.04. The van der Waals surface area contributed by atoms with Gasteiger partial charge in [0.15, 0.2) is 0 Å². The van der Waals surface area contributed by atoms with E-state index in [-0.39, 0.29) is 0 Å². The van der Waals surface area contributed by atoms with Crippen molar-refractivity contribution in [3.8, 4) is 0 Å². The van der Waals surface area contributed by atoms with Gasteiger partial charge in [0, 0.05) is 24.8 Å². The Morgan fingerprint density at radius 3 is 2.88 bits per heavy atom. The molecule has 0 fully saturated rings. The number of rotatable bonds is 4. The van der Waals surface area contributed by atoms with Crippen molar-refractivity contribution in [3.05, 3.63) is 41.3 Å². The summed E-state index contributed by atoms with van der Waals surface area (Å²) in [5.41, 5.74) is 8.55. The number of ether oxygens (including phenoxy) is 1. The third kappa shape index (κ3) is 2.38. The number of nitrogens with two attached hydrogens (primary N) is 1. The Labute approximate surface area is 93.7 Å². The number of nitrogens with zero attached hydrogens (tertiary/aromatic N) is 2. The monoisotopic (exact) mass is 218 g/mol. The SMILES string of the molecule is COCc1cccc(Cc2cn[nH]c2N)n1. The van der Waals surface area contributed by atoms with E-state index in [2.05, 4.69) is 15.2 Å². The first-order chi connectivity index (χ1) is 7.79. The second-order valence-corrected chi connectivity index (χ2v) is 3.54. The van der Waals surface area contributed by atoms with Gasteiger partial charge in [-0.3, -0.25) is 10.1 Å². The first-order valence-electron chi connectivity index (χ1n) is 5.01. The average molecular weight is 218 g/mol. The van der Waals surface area contributed by atoms with Crippen molar-refractivity contribution in [3.63, 3.8) is 0 Å². The second kappa shape index (κ2) is 4.76. The summed E-state index contributed by atoms with van der Waals surface area (Å²) in [6, 6.07) is 5.87. The van der Waals surface area contributed by atoms with E-state index in [0.717, 1.165) is 17.0 Å². The summed E-state index contributed by atoms with van der Waals surface area (Å²) in [5, 5.41) is 6.58. The zero-order valence-corrected chi connectivity index (χ0v) is 9.10. The fourth-order valence-corrected chi connectivity index (χ4v) is 1.51. The number of nitrogen functional groups attached to an aromatic ring is 1. The van der Waals surface area contributed by atoms with Crippen molar-refractivity contribution in [2.24, 2.45) is 0 Å². The lowest BCUT2D eigenvalue weighted by Crippen LogP contribution is -1.99. The number of methoxy groups -OCH3 is 1. The molecule has 0 saturated heterocycles. The number of aromatic nitrogens is 3. The van der Waals surface area contributed by atoms with Crippen LogP contribution in [0.5, 0.6) is 0 Å². The van der Waals surface area contributed by atoms with Crippen LogP contribution in [-0.2, 0) is 17.8 Å². The molecule has 0 atom stereocenters. The van der Waals surface area contributed by atoms with Crippen LogP contribution in [0.3, 0.4) is 0 Å². The first-order valence-corrected chi connectivity index (χ1v) is 5.01. The molecule has 5 heteroatoms. The van der Waals surface area contributed by atoms with Crippen molar-refractivity contribution in [2.75, 3.05) is 12.8 Å².